The van der Waals surface area contributed by atoms with Crippen molar-refractivity contribution in [1.29, 1.82) is 0 Å². The number of carbonyl (C=O) groups excluding carboxylic acids is 1. The Morgan fingerprint density at radius 2 is 2.08 bits per heavy atom. The number of nitrogens with zero attached hydrogens (tertiary/aromatic N) is 3. The molecule has 4 rings (SSSR count). The van der Waals surface area contributed by atoms with E-state index in [4.69, 9.17) is 9.72 Å². The van der Waals surface area contributed by atoms with Gasteiger partial charge in [-0.1, -0.05) is 0 Å². The van der Waals surface area contributed by atoms with Crippen molar-refractivity contribution in [2.45, 2.75) is 44.6 Å². The van der Waals surface area contributed by atoms with Crippen LogP contribution in [0.3, 0.4) is 0 Å². The molecule has 2 amide bonds. The minimum Gasteiger partial charge on any atom is -0.394 e. The molecule has 210 valence electrons. The fraction of sp³-hybridized carbons (Fsp3) is 0.615. The number of ether oxygens (including phenoxy) is 1. The second kappa shape index (κ2) is 12.9. The quantitative estimate of drug-likeness (QED) is 0.369. The Labute approximate surface area is 220 Å². The van der Waals surface area contributed by atoms with Gasteiger partial charge in [-0.05, 0) is 43.9 Å². The lowest BCUT2D eigenvalue weighted by Crippen LogP contribution is -2.50. The minimum absolute atomic E-state index is 0.00932. The van der Waals surface area contributed by atoms with Crippen LogP contribution in [0.15, 0.2) is 24.4 Å². The molecule has 12 heteroatoms. The van der Waals surface area contributed by atoms with Crippen LogP contribution in [-0.4, -0.2) is 89.0 Å². The highest BCUT2D eigenvalue weighted by molar-refractivity contribution is 5.75. The largest absolute Gasteiger partial charge is 0.394 e. The van der Waals surface area contributed by atoms with Crippen LogP contribution in [0, 0.1) is 23.5 Å². The standard InChI is InChI=1S/C26H36F3N5O4/c1-2-33-14-23(20-9-18(27)3-4-21(20)28)32-25(33)24(16-5-7-38-8-6-16)34(13-17-10-30-12-22(17)29)26(37)31-11-19(36)15-35/h3-4,9,14,16-17,19,22,24,30,35-36H,2,5-8,10-13,15H2,1H3,(H,31,37). The molecule has 1 aromatic heterocycles. The summed E-state index contributed by atoms with van der Waals surface area (Å²) in [6, 6.07) is 2.02. The van der Waals surface area contributed by atoms with Crippen LogP contribution in [0.2, 0.25) is 0 Å². The Bertz CT molecular complexity index is 1080. The van der Waals surface area contributed by atoms with Crippen molar-refractivity contribution < 1.29 is 32.9 Å². The third-order valence-electron chi connectivity index (χ3n) is 7.31. The lowest BCUT2D eigenvalue weighted by molar-refractivity contribution is 0.0249. The summed E-state index contributed by atoms with van der Waals surface area (Å²) in [5.74, 6) is -1.29. The van der Waals surface area contributed by atoms with Crippen molar-refractivity contribution in [2.24, 2.45) is 11.8 Å². The van der Waals surface area contributed by atoms with Crippen LogP contribution in [0.25, 0.3) is 11.3 Å². The summed E-state index contributed by atoms with van der Waals surface area (Å²) >= 11 is 0. The predicted octanol–water partition coefficient (Wildman–Crippen LogP) is 2.24. The molecule has 0 bridgehead atoms. The van der Waals surface area contributed by atoms with E-state index in [1.165, 1.54) is 0 Å². The Morgan fingerprint density at radius 1 is 1.32 bits per heavy atom. The number of hydrogen-bond donors (Lipinski definition) is 4. The van der Waals surface area contributed by atoms with Gasteiger partial charge in [0.1, 0.15) is 23.6 Å². The van der Waals surface area contributed by atoms with Crippen molar-refractivity contribution >= 4 is 6.03 Å². The Kier molecular flexibility index (Phi) is 9.64. The van der Waals surface area contributed by atoms with Gasteiger partial charge >= 0.3 is 6.03 Å². The van der Waals surface area contributed by atoms with Crippen molar-refractivity contribution in [3.05, 3.63) is 41.9 Å². The van der Waals surface area contributed by atoms with Gasteiger partial charge in [0.05, 0.1) is 24.4 Å². The molecule has 2 fully saturated rings. The SMILES string of the molecule is CCn1cc(-c2cc(F)ccc2F)nc1C(C1CCOCC1)N(CC1CNCC1F)C(=O)NCC(O)CO. The first-order valence-electron chi connectivity index (χ1n) is 13.1. The molecule has 2 saturated heterocycles. The maximum absolute atomic E-state index is 14.7. The summed E-state index contributed by atoms with van der Waals surface area (Å²) in [4.78, 5) is 19.9. The van der Waals surface area contributed by atoms with Crippen LogP contribution in [-0.2, 0) is 11.3 Å². The molecule has 2 aliphatic rings. The molecule has 4 unspecified atom stereocenters. The highest BCUT2D eigenvalue weighted by atomic mass is 19.1. The van der Waals surface area contributed by atoms with Crippen molar-refractivity contribution in [3.8, 4) is 11.3 Å². The number of aryl methyl sites for hydroxylation is 1. The number of nitrogens with one attached hydrogen (secondary N) is 2. The van der Waals surface area contributed by atoms with Crippen LogP contribution in [0.4, 0.5) is 18.0 Å². The smallest absolute Gasteiger partial charge is 0.318 e. The van der Waals surface area contributed by atoms with E-state index in [-0.39, 0.29) is 36.8 Å². The van der Waals surface area contributed by atoms with Gasteiger partial charge in [-0.15, -0.1) is 0 Å². The molecular formula is C26H36F3N5O4. The second-order valence-corrected chi connectivity index (χ2v) is 9.90. The van der Waals surface area contributed by atoms with Crippen LogP contribution < -0.4 is 10.6 Å². The number of aromatic nitrogens is 2. The minimum atomic E-state index is -1.15. The van der Waals surface area contributed by atoms with Crippen molar-refractivity contribution in [1.82, 2.24) is 25.1 Å². The van der Waals surface area contributed by atoms with Crippen LogP contribution in [0.1, 0.15) is 31.6 Å². The van der Waals surface area contributed by atoms with Gasteiger partial charge in [-0.3, -0.25) is 0 Å². The van der Waals surface area contributed by atoms with Gasteiger partial charge in [-0.25, -0.2) is 22.9 Å². The molecule has 0 saturated carbocycles. The molecular weight excluding hydrogens is 503 g/mol. The first kappa shape index (κ1) is 28.3. The van der Waals surface area contributed by atoms with Crippen LogP contribution >= 0.6 is 0 Å². The Hall–Kier alpha value is -2.67. The summed E-state index contributed by atoms with van der Waals surface area (Å²) in [6.45, 7) is 3.26. The number of hydrogen-bond acceptors (Lipinski definition) is 6. The molecule has 2 aliphatic heterocycles. The Morgan fingerprint density at radius 3 is 2.74 bits per heavy atom. The highest BCUT2D eigenvalue weighted by Crippen LogP contribution is 2.37. The summed E-state index contributed by atoms with van der Waals surface area (Å²) < 4.78 is 50.8. The third-order valence-corrected chi connectivity index (χ3v) is 7.31. The average molecular weight is 540 g/mol. The summed E-state index contributed by atoms with van der Waals surface area (Å²) in [5, 5.41) is 24.7. The van der Waals surface area contributed by atoms with Crippen molar-refractivity contribution in [3.63, 3.8) is 0 Å². The van der Waals surface area contributed by atoms with E-state index in [0.717, 1.165) is 18.2 Å². The molecule has 0 radical (unpaired) electrons. The summed E-state index contributed by atoms with van der Waals surface area (Å²) in [5.41, 5.74) is 0.243. The van der Waals surface area contributed by atoms with E-state index in [9.17, 15) is 28.2 Å². The highest BCUT2D eigenvalue weighted by Gasteiger charge is 2.40. The van der Waals surface area contributed by atoms with E-state index in [2.05, 4.69) is 10.6 Å². The number of rotatable bonds is 10. The maximum Gasteiger partial charge on any atom is 0.318 e. The van der Waals surface area contributed by atoms with E-state index < -0.39 is 48.5 Å². The number of alkyl halides is 1. The molecule has 4 atom stereocenters. The zero-order chi connectivity index (χ0) is 27.2. The number of benzene rings is 1. The molecule has 4 N–H and O–H groups in total. The van der Waals surface area contributed by atoms with Gasteiger partial charge in [0.25, 0.3) is 0 Å². The van der Waals surface area contributed by atoms with E-state index in [1.807, 2.05) is 11.5 Å². The molecule has 9 nitrogen and oxygen atoms in total. The van der Waals surface area contributed by atoms with E-state index >= 15 is 0 Å². The van der Waals surface area contributed by atoms with Gasteiger partial charge in [0.15, 0.2) is 0 Å². The monoisotopic (exact) mass is 539 g/mol. The second-order valence-electron chi connectivity index (χ2n) is 9.90. The maximum atomic E-state index is 14.7. The molecule has 1 aromatic carbocycles. The van der Waals surface area contributed by atoms with Gasteiger partial charge in [0, 0.05) is 63.6 Å². The molecule has 3 heterocycles. The number of aliphatic hydroxyl groups is 2. The van der Waals surface area contributed by atoms with E-state index in [0.29, 0.717) is 45.0 Å². The molecule has 2 aromatic rings. The average Bonchev–Trinajstić information content (AvgIpc) is 3.54. The fourth-order valence-electron chi connectivity index (χ4n) is 5.21. The first-order valence-corrected chi connectivity index (χ1v) is 13.1. The third kappa shape index (κ3) is 6.48. The van der Waals surface area contributed by atoms with Crippen molar-refractivity contribution in [2.75, 3.05) is 46.0 Å². The lowest BCUT2D eigenvalue weighted by Gasteiger charge is -2.39. The molecule has 0 aliphatic carbocycles. The van der Waals surface area contributed by atoms with E-state index in [1.54, 1.807) is 11.1 Å². The van der Waals surface area contributed by atoms with Gasteiger partial charge in [0.2, 0.25) is 0 Å². The number of halogens is 3. The number of amides is 2. The number of carbonyl (C=O) groups is 1. The number of urea groups is 1. The summed E-state index contributed by atoms with van der Waals surface area (Å²) in [6.07, 6.45) is 0.586. The van der Waals surface area contributed by atoms with Gasteiger partial charge in [-0.2, -0.15) is 0 Å². The zero-order valence-corrected chi connectivity index (χ0v) is 21.5. The number of imidazole rings is 1. The topological polar surface area (TPSA) is 112 Å². The zero-order valence-electron chi connectivity index (χ0n) is 21.5. The van der Waals surface area contributed by atoms with Gasteiger partial charge < -0.3 is 35.1 Å². The molecule has 0 spiro atoms. The lowest BCUT2D eigenvalue weighted by atomic mass is 9.89. The predicted molar refractivity (Wildman–Crippen MR) is 134 cm³/mol. The van der Waals surface area contributed by atoms with Crippen LogP contribution in [0.5, 0.6) is 0 Å². The Balaban J connectivity index is 1.77. The first-order chi connectivity index (χ1) is 18.3. The number of aliphatic hydroxyl groups excluding tert-OH is 2. The molecule has 38 heavy (non-hydrogen) atoms. The summed E-state index contributed by atoms with van der Waals surface area (Å²) in [7, 11) is 0. The fourth-order valence-corrected chi connectivity index (χ4v) is 5.21. The normalized spacial score (nSPS) is 21.8.